The third-order valence-electron chi connectivity index (χ3n) is 3.09. The molecule has 0 aliphatic carbocycles. The van der Waals surface area contributed by atoms with E-state index in [9.17, 15) is 9.90 Å². The molecule has 1 N–H and O–H groups in total. The molecule has 1 rings (SSSR count). The first-order chi connectivity index (χ1) is 9.86. The molecule has 3 heteroatoms. The molecule has 0 unspecified atom stereocenters. The van der Waals surface area contributed by atoms with E-state index in [1.165, 1.54) is 0 Å². The van der Waals surface area contributed by atoms with Gasteiger partial charge in [-0.1, -0.05) is 55.6 Å². The molecule has 0 aromatic heterocycles. The Labute approximate surface area is 126 Å². The van der Waals surface area contributed by atoms with Gasteiger partial charge in [-0.25, -0.2) is 0 Å². The second kappa shape index (κ2) is 7.48. The fourth-order valence-electron chi connectivity index (χ4n) is 1.87. The SMILES string of the molecule is C=C/C=C(/CC(C)(C)C(=O)OCc1ccccc1)C(=C)O. The van der Waals surface area contributed by atoms with Crippen molar-refractivity contribution in [3.63, 3.8) is 0 Å². The van der Waals surface area contributed by atoms with Crippen LogP contribution in [0.5, 0.6) is 0 Å². The van der Waals surface area contributed by atoms with Crippen LogP contribution >= 0.6 is 0 Å². The van der Waals surface area contributed by atoms with Gasteiger partial charge >= 0.3 is 5.97 Å². The molecule has 1 aromatic rings. The molecular weight excluding hydrogens is 264 g/mol. The lowest BCUT2D eigenvalue weighted by molar-refractivity contribution is -0.155. The lowest BCUT2D eigenvalue weighted by Gasteiger charge is -2.23. The summed E-state index contributed by atoms with van der Waals surface area (Å²) in [5.41, 5.74) is 0.761. The summed E-state index contributed by atoms with van der Waals surface area (Å²) in [6.07, 6.45) is 3.54. The van der Waals surface area contributed by atoms with Crippen LogP contribution in [0.15, 0.2) is 67.0 Å². The first kappa shape index (κ1) is 16.8. The van der Waals surface area contributed by atoms with E-state index in [2.05, 4.69) is 13.2 Å². The summed E-state index contributed by atoms with van der Waals surface area (Å²) in [4.78, 5) is 12.2. The van der Waals surface area contributed by atoms with E-state index in [1.807, 2.05) is 30.3 Å². The number of rotatable bonds is 7. The van der Waals surface area contributed by atoms with Gasteiger partial charge in [-0.05, 0) is 31.4 Å². The lowest BCUT2D eigenvalue weighted by Crippen LogP contribution is -2.27. The smallest absolute Gasteiger partial charge is 0.312 e. The van der Waals surface area contributed by atoms with E-state index >= 15 is 0 Å². The predicted molar refractivity (Wildman–Crippen MR) is 84.7 cm³/mol. The molecule has 0 atom stereocenters. The molecule has 0 spiro atoms. The van der Waals surface area contributed by atoms with Crippen molar-refractivity contribution in [3.05, 3.63) is 72.5 Å². The fourth-order valence-corrected chi connectivity index (χ4v) is 1.87. The average molecular weight is 286 g/mol. The number of hydrogen-bond acceptors (Lipinski definition) is 3. The van der Waals surface area contributed by atoms with Crippen molar-refractivity contribution in [1.29, 1.82) is 0 Å². The van der Waals surface area contributed by atoms with Crippen LogP contribution in [0.25, 0.3) is 0 Å². The molecule has 112 valence electrons. The molecule has 0 amide bonds. The summed E-state index contributed by atoms with van der Waals surface area (Å²) in [6.45, 7) is 10.9. The van der Waals surface area contributed by atoms with Crippen molar-refractivity contribution < 1.29 is 14.6 Å². The highest BCUT2D eigenvalue weighted by atomic mass is 16.5. The monoisotopic (exact) mass is 286 g/mol. The molecule has 0 aliphatic heterocycles. The van der Waals surface area contributed by atoms with Crippen LogP contribution in [-0.4, -0.2) is 11.1 Å². The van der Waals surface area contributed by atoms with Crippen molar-refractivity contribution in [2.75, 3.05) is 0 Å². The summed E-state index contributed by atoms with van der Waals surface area (Å²) in [7, 11) is 0. The van der Waals surface area contributed by atoms with Crippen LogP contribution in [0, 0.1) is 5.41 Å². The minimum atomic E-state index is -0.755. The average Bonchev–Trinajstić information content (AvgIpc) is 2.45. The number of aliphatic hydroxyl groups is 1. The minimum absolute atomic E-state index is 0.0566. The number of hydrogen-bond donors (Lipinski definition) is 1. The Morgan fingerprint density at radius 3 is 2.48 bits per heavy atom. The van der Waals surface area contributed by atoms with Gasteiger partial charge in [-0.3, -0.25) is 4.79 Å². The molecule has 21 heavy (non-hydrogen) atoms. The van der Waals surface area contributed by atoms with E-state index < -0.39 is 5.41 Å². The third-order valence-corrected chi connectivity index (χ3v) is 3.09. The maximum atomic E-state index is 12.2. The Hall–Kier alpha value is -2.29. The number of aliphatic hydroxyl groups excluding tert-OH is 1. The Balaban J connectivity index is 2.68. The zero-order valence-corrected chi connectivity index (χ0v) is 12.6. The van der Waals surface area contributed by atoms with E-state index in [1.54, 1.807) is 26.0 Å². The molecular formula is C18H22O3. The van der Waals surface area contributed by atoms with Crippen LogP contribution in [0.3, 0.4) is 0 Å². The number of benzene rings is 1. The largest absolute Gasteiger partial charge is 0.508 e. The lowest BCUT2D eigenvalue weighted by atomic mass is 9.85. The molecule has 0 fully saturated rings. The minimum Gasteiger partial charge on any atom is -0.508 e. The second-order valence-corrected chi connectivity index (χ2v) is 5.50. The standard InChI is InChI=1S/C18H22O3/c1-5-9-16(14(2)19)12-18(3,4)17(20)21-13-15-10-7-6-8-11-15/h5-11,19H,1-2,12-13H2,3-4H3/b16-9-. The molecule has 1 aromatic carbocycles. The summed E-state index contributed by atoms with van der Waals surface area (Å²) >= 11 is 0. The van der Waals surface area contributed by atoms with Crippen LogP contribution in [-0.2, 0) is 16.1 Å². The summed E-state index contributed by atoms with van der Waals surface area (Å²) in [5.74, 6) is -0.374. The van der Waals surface area contributed by atoms with Crippen molar-refractivity contribution in [2.24, 2.45) is 5.41 Å². The van der Waals surface area contributed by atoms with Gasteiger partial charge in [0.2, 0.25) is 0 Å². The number of esters is 1. The van der Waals surface area contributed by atoms with Gasteiger partial charge in [0.25, 0.3) is 0 Å². The van der Waals surface area contributed by atoms with Crippen molar-refractivity contribution >= 4 is 5.97 Å². The second-order valence-electron chi connectivity index (χ2n) is 5.50. The fraction of sp³-hybridized carbons (Fsp3) is 0.278. The van der Waals surface area contributed by atoms with E-state index in [4.69, 9.17) is 4.74 Å². The maximum Gasteiger partial charge on any atom is 0.312 e. The van der Waals surface area contributed by atoms with Crippen molar-refractivity contribution in [2.45, 2.75) is 26.9 Å². The quantitative estimate of drug-likeness (QED) is 0.461. The topological polar surface area (TPSA) is 46.5 Å². The van der Waals surface area contributed by atoms with Crippen LogP contribution < -0.4 is 0 Å². The molecule has 0 bridgehead atoms. The van der Waals surface area contributed by atoms with Gasteiger partial charge in [0, 0.05) is 0 Å². The summed E-state index contributed by atoms with van der Waals surface area (Å²) in [6, 6.07) is 9.51. The van der Waals surface area contributed by atoms with Gasteiger partial charge in [0.15, 0.2) is 0 Å². The predicted octanol–water partition coefficient (Wildman–Crippen LogP) is 4.33. The molecule has 0 aliphatic rings. The Morgan fingerprint density at radius 1 is 1.33 bits per heavy atom. The first-order valence-corrected chi connectivity index (χ1v) is 6.78. The van der Waals surface area contributed by atoms with Gasteiger partial charge in [-0.15, -0.1) is 0 Å². The van der Waals surface area contributed by atoms with Crippen molar-refractivity contribution in [3.8, 4) is 0 Å². The van der Waals surface area contributed by atoms with Crippen LogP contribution in [0.4, 0.5) is 0 Å². The number of ether oxygens (including phenoxy) is 1. The zero-order chi connectivity index (χ0) is 15.9. The van der Waals surface area contributed by atoms with Gasteiger partial charge < -0.3 is 9.84 Å². The Bertz CT molecular complexity index is 539. The summed E-state index contributed by atoms with van der Waals surface area (Å²) in [5, 5.41) is 9.53. The molecule has 0 saturated carbocycles. The summed E-state index contributed by atoms with van der Waals surface area (Å²) < 4.78 is 5.35. The number of carbonyl (C=O) groups is 1. The molecule has 0 saturated heterocycles. The Kier molecular flexibility index (Phi) is 5.97. The van der Waals surface area contributed by atoms with Gasteiger partial charge in [0.1, 0.15) is 12.4 Å². The van der Waals surface area contributed by atoms with Gasteiger partial charge in [0.05, 0.1) is 5.41 Å². The zero-order valence-electron chi connectivity index (χ0n) is 12.6. The van der Waals surface area contributed by atoms with Crippen LogP contribution in [0.2, 0.25) is 0 Å². The maximum absolute atomic E-state index is 12.2. The van der Waals surface area contributed by atoms with Crippen molar-refractivity contribution in [1.82, 2.24) is 0 Å². The highest BCUT2D eigenvalue weighted by Gasteiger charge is 2.31. The van der Waals surface area contributed by atoms with E-state index in [-0.39, 0.29) is 18.3 Å². The first-order valence-electron chi connectivity index (χ1n) is 6.78. The normalized spacial score (nSPS) is 11.8. The Morgan fingerprint density at radius 2 is 1.95 bits per heavy atom. The highest BCUT2D eigenvalue weighted by Crippen LogP contribution is 2.29. The molecule has 0 radical (unpaired) electrons. The highest BCUT2D eigenvalue weighted by molar-refractivity contribution is 5.76. The third kappa shape index (κ3) is 5.30. The molecule has 3 nitrogen and oxygen atoms in total. The van der Waals surface area contributed by atoms with Crippen LogP contribution in [0.1, 0.15) is 25.8 Å². The van der Waals surface area contributed by atoms with E-state index in [0.29, 0.717) is 12.0 Å². The van der Waals surface area contributed by atoms with E-state index in [0.717, 1.165) is 5.56 Å². The number of allylic oxidation sites excluding steroid dienone is 3. The van der Waals surface area contributed by atoms with Gasteiger partial charge in [-0.2, -0.15) is 0 Å². The number of carbonyl (C=O) groups excluding carboxylic acids is 1. The molecule has 0 heterocycles.